The zero-order valence-corrected chi connectivity index (χ0v) is 15.0. The topological polar surface area (TPSA) is 110 Å². The lowest BCUT2D eigenvalue weighted by Crippen LogP contribution is -2.28. The van der Waals surface area contributed by atoms with Gasteiger partial charge in [0.2, 0.25) is 5.91 Å². The van der Waals surface area contributed by atoms with Crippen LogP contribution in [-0.2, 0) is 17.8 Å². The Bertz CT molecular complexity index is 850. The first-order chi connectivity index (χ1) is 11.8. The van der Waals surface area contributed by atoms with E-state index in [1.807, 2.05) is 6.92 Å². The van der Waals surface area contributed by atoms with E-state index >= 15 is 0 Å². The fourth-order valence-corrected chi connectivity index (χ4v) is 2.80. The highest BCUT2D eigenvalue weighted by molar-refractivity contribution is 5.96. The van der Waals surface area contributed by atoms with Crippen LogP contribution < -0.4 is 10.9 Å². The number of hydrogen-bond acceptors (Lipinski definition) is 5. The maximum Gasteiger partial charge on any atom is 0.251 e. The number of H-pyrrole nitrogens is 1. The summed E-state index contributed by atoms with van der Waals surface area (Å²) in [5.41, 5.74) is 2.53. The minimum atomic E-state index is -0.195. The van der Waals surface area contributed by atoms with Crippen LogP contribution in [0.15, 0.2) is 10.9 Å². The number of ketones is 1. The van der Waals surface area contributed by atoms with Crippen molar-refractivity contribution >= 4 is 11.7 Å². The summed E-state index contributed by atoms with van der Waals surface area (Å²) in [6, 6.07) is 1.42. The van der Waals surface area contributed by atoms with Crippen molar-refractivity contribution in [2.75, 3.05) is 6.54 Å². The van der Waals surface area contributed by atoms with Crippen LogP contribution in [0.2, 0.25) is 0 Å². The molecule has 0 radical (unpaired) electrons. The van der Waals surface area contributed by atoms with Crippen LogP contribution in [0.3, 0.4) is 0 Å². The Kier molecular flexibility index (Phi) is 5.84. The standard InChI is InChI=1S/C17H23N5O3/c1-10-9-16(25)20-14(19-10)5-7-18-15(24)6-8-22-12(3)17(13(4)23)11(2)21-22/h9H,5-8H2,1-4H3,(H,18,24)(H,19,20,25). The summed E-state index contributed by atoms with van der Waals surface area (Å²) in [6.45, 7) is 7.68. The van der Waals surface area contributed by atoms with Crippen molar-refractivity contribution in [3.05, 3.63) is 44.9 Å². The minimum absolute atomic E-state index is 0.0228. The summed E-state index contributed by atoms with van der Waals surface area (Å²) in [6.07, 6.45) is 0.716. The summed E-state index contributed by atoms with van der Waals surface area (Å²) >= 11 is 0. The third-order valence-electron chi connectivity index (χ3n) is 3.89. The average molecular weight is 345 g/mol. The Balaban J connectivity index is 1.84. The van der Waals surface area contributed by atoms with Crippen molar-refractivity contribution in [2.45, 2.75) is 47.1 Å². The molecular weight excluding hydrogens is 322 g/mol. The van der Waals surface area contributed by atoms with E-state index in [-0.39, 0.29) is 23.7 Å². The number of carbonyl (C=O) groups excluding carboxylic acids is 2. The summed E-state index contributed by atoms with van der Waals surface area (Å²) in [5.74, 6) is 0.409. The van der Waals surface area contributed by atoms with Gasteiger partial charge in [-0.25, -0.2) is 4.98 Å². The van der Waals surface area contributed by atoms with Crippen molar-refractivity contribution < 1.29 is 9.59 Å². The molecule has 2 heterocycles. The fraction of sp³-hybridized carbons (Fsp3) is 0.471. The third kappa shape index (κ3) is 4.85. The van der Waals surface area contributed by atoms with Crippen LogP contribution in [0.5, 0.6) is 0 Å². The lowest BCUT2D eigenvalue weighted by molar-refractivity contribution is -0.121. The monoisotopic (exact) mass is 345 g/mol. The van der Waals surface area contributed by atoms with E-state index in [0.717, 1.165) is 5.69 Å². The first kappa shape index (κ1) is 18.6. The van der Waals surface area contributed by atoms with Gasteiger partial charge in [-0.1, -0.05) is 0 Å². The highest BCUT2D eigenvalue weighted by atomic mass is 16.1. The van der Waals surface area contributed by atoms with Crippen LogP contribution in [0.1, 0.15) is 46.6 Å². The molecule has 8 nitrogen and oxygen atoms in total. The van der Waals surface area contributed by atoms with Gasteiger partial charge in [0.15, 0.2) is 5.78 Å². The number of nitrogens with zero attached hydrogens (tertiary/aromatic N) is 3. The number of amides is 1. The van der Waals surface area contributed by atoms with Crippen LogP contribution in [0.25, 0.3) is 0 Å². The maximum absolute atomic E-state index is 12.0. The van der Waals surface area contributed by atoms with Gasteiger partial charge in [-0.2, -0.15) is 5.10 Å². The quantitative estimate of drug-likeness (QED) is 0.723. The zero-order valence-electron chi connectivity index (χ0n) is 15.0. The van der Waals surface area contributed by atoms with E-state index in [9.17, 15) is 14.4 Å². The van der Waals surface area contributed by atoms with Crippen molar-refractivity contribution in [2.24, 2.45) is 0 Å². The molecule has 0 atom stereocenters. The molecule has 0 saturated carbocycles. The molecule has 0 aliphatic heterocycles. The molecule has 0 bridgehead atoms. The first-order valence-electron chi connectivity index (χ1n) is 8.16. The van der Waals surface area contributed by atoms with Gasteiger partial charge in [-0.05, 0) is 27.7 Å². The SMILES string of the molecule is CC(=O)c1c(C)nn(CCC(=O)NCCc2nc(C)cc(=O)[nH]2)c1C. The fourth-order valence-electron chi connectivity index (χ4n) is 2.80. The smallest absolute Gasteiger partial charge is 0.251 e. The van der Waals surface area contributed by atoms with Crippen molar-refractivity contribution in [3.63, 3.8) is 0 Å². The van der Waals surface area contributed by atoms with Gasteiger partial charge in [0.05, 0.1) is 11.3 Å². The van der Waals surface area contributed by atoms with E-state index in [2.05, 4.69) is 20.4 Å². The second-order valence-corrected chi connectivity index (χ2v) is 6.01. The molecule has 0 aliphatic rings. The molecule has 8 heteroatoms. The van der Waals surface area contributed by atoms with Gasteiger partial charge in [-0.15, -0.1) is 0 Å². The molecule has 134 valence electrons. The molecule has 2 aromatic rings. The Morgan fingerprint density at radius 1 is 1.28 bits per heavy atom. The van der Waals surface area contributed by atoms with Crippen molar-refractivity contribution in [1.82, 2.24) is 25.1 Å². The van der Waals surface area contributed by atoms with Gasteiger partial charge in [0, 0.05) is 43.4 Å². The molecule has 2 N–H and O–H groups in total. The average Bonchev–Trinajstić information content (AvgIpc) is 2.78. The zero-order chi connectivity index (χ0) is 18.6. The van der Waals surface area contributed by atoms with Gasteiger partial charge < -0.3 is 10.3 Å². The van der Waals surface area contributed by atoms with Crippen LogP contribution in [0, 0.1) is 20.8 Å². The highest BCUT2D eigenvalue weighted by Gasteiger charge is 2.15. The van der Waals surface area contributed by atoms with Gasteiger partial charge in [0.1, 0.15) is 5.82 Å². The van der Waals surface area contributed by atoms with Crippen molar-refractivity contribution in [1.29, 1.82) is 0 Å². The highest BCUT2D eigenvalue weighted by Crippen LogP contribution is 2.13. The van der Waals surface area contributed by atoms with Gasteiger partial charge >= 0.3 is 0 Å². The van der Waals surface area contributed by atoms with E-state index in [1.165, 1.54) is 13.0 Å². The molecule has 25 heavy (non-hydrogen) atoms. The molecule has 2 aromatic heterocycles. The number of aromatic nitrogens is 4. The second-order valence-electron chi connectivity index (χ2n) is 6.01. The summed E-state index contributed by atoms with van der Waals surface area (Å²) in [7, 11) is 0. The summed E-state index contributed by atoms with van der Waals surface area (Å²) in [4.78, 5) is 41.8. The number of hydrogen-bond donors (Lipinski definition) is 2. The largest absolute Gasteiger partial charge is 0.356 e. The van der Waals surface area contributed by atoms with Crippen LogP contribution >= 0.6 is 0 Å². The molecular formula is C17H23N5O3. The normalized spacial score (nSPS) is 10.7. The van der Waals surface area contributed by atoms with E-state index in [4.69, 9.17) is 0 Å². The molecule has 0 aliphatic carbocycles. The minimum Gasteiger partial charge on any atom is -0.356 e. The lowest BCUT2D eigenvalue weighted by Gasteiger charge is -2.07. The van der Waals surface area contributed by atoms with Crippen LogP contribution in [0.4, 0.5) is 0 Å². The van der Waals surface area contributed by atoms with E-state index in [1.54, 1.807) is 18.5 Å². The number of aromatic amines is 1. The Labute approximate surface area is 145 Å². The maximum atomic E-state index is 12.0. The Hall–Kier alpha value is -2.77. The van der Waals surface area contributed by atoms with Crippen molar-refractivity contribution in [3.8, 4) is 0 Å². The number of aryl methyl sites for hydroxylation is 3. The second kappa shape index (κ2) is 7.87. The molecule has 1 amide bonds. The molecule has 2 rings (SSSR count). The van der Waals surface area contributed by atoms with Crippen LogP contribution in [-0.4, -0.2) is 38.0 Å². The molecule has 0 saturated heterocycles. The van der Waals surface area contributed by atoms with Gasteiger partial charge in [-0.3, -0.25) is 19.1 Å². The number of nitrogens with one attached hydrogen (secondary N) is 2. The summed E-state index contributed by atoms with van der Waals surface area (Å²) < 4.78 is 1.69. The molecule has 0 spiro atoms. The first-order valence-corrected chi connectivity index (χ1v) is 8.16. The number of rotatable bonds is 7. The van der Waals surface area contributed by atoms with Gasteiger partial charge in [0.25, 0.3) is 5.56 Å². The molecule has 0 aromatic carbocycles. The van der Waals surface area contributed by atoms with E-state index in [0.29, 0.717) is 42.3 Å². The predicted octanol–water partition coefficient (Wildman–Crippen LogP) is 0.843. The van der Waals surface area contributed by atoms with E-state index < -0.39 is 0 Å². The molecule has 0 fully saturated rings. The third-order valence-corrected chi connectivity index (χ3v) is 3.89. The Morgan fingerprint density at radius 3 is 2.60 bits per heavy atom. The predicted molar refractivity (Wildman–Crippen MR) is 92.6 cm³/mol. The number of Topliss-reactive ketones (excluding diaryl/α,β-unsaturated/α-hetero) is 1. The summed E-state index contributed by atoms with van der Waals surface area (Å²) in [5, 5.41) is 7.11. The Morgan fingerprint density at radius 2 is 2.00 bits per heavy atom. The molecule has 0 unspecified atom stereocenters. The lowest BCUT2D eigenvalue weighted by atomic mass is 10.1. The number of carbonyl (C=O) groups is 2.